The number of para-hydroxylation sites is 1. The van der Waals surface area contributed by atoms with E-state index in [1.54, 1.807) is 18.4 Å². The molecule has 0 saturated carbocycles. The first-order chi connectivity index (χ1) is 10.8. The van der Waals surface area contributed by atoms with E-state index in [0.717, 1.165) is 16.1 Å². The monoisotopic (exact) mass is 311 g/mol. The molecule has 0 N–H and O–H groups in total. The maximum absolute atomic E-state index is 5.43. The van der Waals surface area contributed by atoms with Crippen LogP contribution in [0.3, 0.4) is 0 Å². The lowest BCUT2D eigenvalue weighted by Gasteiger charge is -2.05. The highest BCUT2D eigenvalue weighted by Gasteiger charge is 2.19. The number of fused-ring (bicyclic) bond motifs is 2. The van der Waals surface area contributed by atoms with E-state index in [1.165, 1.54) is 4.70 Å². The van der Waals surface area contributed by atoms with E-state index in [9.17, 15) is 0 Å². The Bertz CT molecular complexity index is 836. The molecule has 1 aliphatic heterocycles. The molecule has 22 heavy (non-hydrogen) atoms. The summed E-state index contributed by atoms with van der Waals surface area (Å²) in [6, 6.07) is 12.0. The number of hydrogen-bond donors (Lipinski definition) is 0. The fraction of sp³-hybridized carbons (Fsp3) is 0.118. The zero-order valence-corrected chi connectivity index (χ0v) is 12.7. The fourth-order valence-electron chi connectivity index (χ4n) is 2.37. The molecule has 0 aliphatic carbocycles. The topological polar surface area (TPSA) is 40.6 Å². The number of thiazole rings is 1. The van der Waals surface area contributed by atoms with Crippen LogP contribution < -0.4 is 14.2 Å². The Hall–Kier alpha value is -2.53. The summed E-state index contributed by atoms with van der Waals surface area (Å²) in [4.78, 5) is 4.59. The van der Waals surface area contributed by atoms with Crippen molar-refractivity contribution in [1.82, 2.24) is 4.98 Å². The molecule has 0 saturated heterocycles. The normalized spacial score (nSPS) is 13.1. The van der Waals surface area contributed by atoms with Gasteiger partial charge in [-0.1, -0.05) is 18.2 Å². The lowest BCUT2D eigenvalue weighted by atomic mass is 10.1. The SMILES string of the molecule is COc1cc(/C=C/c2nc3ccccc3s2)cc2c1OCO2. The third kappa shape index (κ3) is 2.29. The third-order valence-corrected chi connectivity index (χ3v) is 4.41. The number of aromatic nitrogens is 1. The standard InChI is InChI=1S/C17H13NO3S/c1-19-13-8-11(9-14-17(13)21-10-20-14)6-7-16-18-12-4-2-3-5-15(12)22-16/h2-9H,10H2,1H3/b7-6+. The summed E-state index contributed by atoms with van der Waals surface area (Å²) in [5.41, 5.74) is 2.01. The van der Waals surface area contributed by atoms with E-state index in [2.05, 4.69) is 11.1 Å². The van der Waals surface area contributed by atoms with Crippen LogP contribution in [0.4, 0.5) is 0 Å². The smallest absolute Gasteiger partial charge is 0.231 e. The van der Waals surface area contributed by atoms with Gasteiger partial charge in [0.25, 0.3) is 0 Å². The van der Waals surface area contributed by atoms with E-state index in [1.807, 2.05) is 42.5 Å². The minimum Gasteiger partial charge on any atom is -0.493 e. The van der Waals surface area contributed by atoms with Gasteiger partial charge in [-0.3, -0.25) is 0 Å². The van der Waals surface area contributed by atoms with Crippen LogP contribution in [0, 0.1) is 0 Å². The molecule has 2 aromatic carbocycles. The Labute approximate surface area is 131 Å². The molecule has 0 spiro atoms. The van der Waals surface area contributed by atoms with Gasteiger partial charge in [0, 0.05) is 0 Å². The highest BCUT2D eigenvalue weighted by molar-refractivity contribution is 7.19. The predicted molar refractivity (Wildman–Crippen MR) is 87.7 cm³/mol. The van der Waals surface area contributed by atoms with E-state index in [4.69, 9.17) is 14.2 Å². The van der Waals surface area contributed by atoms with Crippen molar-refractivity contribution in [3.63, 3.8) is 0 Å². The number of rotatable bonds is 3. The molecule has 5 heteroatoms. The number of hydrogen-bond acceptors (Lipinski definition) is 5. The second-order valence-electron chi connectivity index (χ2n) is 4.81. The van der Waals surface area contributed by atoms with Crippen molar-refractivity contribution >= 4 is 33.7 Å². The van der Waals surface area contributed by atoms with E-state index >= 15 is 0 Å². The summed E-state index contributed by atoms with van der Waals surface area (Å²) >= 11 is 1.67. The molecule has 0 radical (unpaired) electrons. The highest BCUT2D eigenvalue weighted by Crippen LogP contribution is 2.42. The molecule has 2 heterocycles. The van der Waals surface area contributed by atoms with Gasteiger partial charge in [0.05, 0.1) is 17.3 Å². The largest absolute Gasteiger partial charge is 0.493 e. The van der Waals surface area contributed by atoms with Crippen molar-refractivity contribution in [1.29, 1.82) is 0 Å². The van der Waals surface area contributed by atoms with Crippen molar-refractivity contribution < 1.29 is 14.2 Å². The summed E-state index contributed by atoms with van der Waals surface area (Å²) < 4.78 is 17.4. The van der Waals surface area contributed by atoms with Gasteiger partial charge >= 0.3 is 0 Å². The molecule has 3 aromatic rings. The third-order valence-electron chi connectivity index (χ3n) is 3.41. The van der Waals surface area contributed by atoms with Gasteiger partial charge in [-0.05, 0) is 35.9 Å². The van der Waals surface area contributed by atoms with Gasteiger partial charge in [-0.25, -0.2) is 4.98 Å². The maximum atomic E-state index is 5.43. The van der Waals surface area contributed by atoms with Crippen LogP contribution in [-0.4, -0.2) is 18.9 Å². The van der Waals surface area contributed by atoms with Crippen LogP contribution in [0.1, 0.15) is 10.6 Å². The van der Waals surface area contributed by atoms with Crippen LogP contribution in [0.15, 0.2) is 36.4 Å². The van der Waals surface area contributed by atoms with Gasteiger partial charge in [0.15, 0.2) is 11.5 Å². The molecule has 110 valence electrons. The van der Waals surface area contributed by atoms with Crippen molar-refractivity contribution in [2.24, 2.45) is 0 Å². The molecule has 0 bridgehead atoms. The first kappa shape index (κ1) is 13.2. The summed E-state index contributed by atoms with van der Waals surface area (Å²) in [5.74, 6) is 2.06. The molecular weight excluding hydrogens is 298 g/mol. The minimum atomic E-state index is 0.233. The highest BCUT2D eigenvalue weighted by atomic mass is 32.1. The zero-order chi connectivity index (χ0) is 14.9. The van der Waals surface area contributed by atoms with Gasteiger partial charge < -0.3 is 14.2 Å². The lowest BCUT2D eigenvalue weighted by molar-refractivity contribution is 0.171. The summed E-state index contributed by atoms with van der Waals surface area (Å²) in [6.07, 6.45) is 4.00. The maximum Gasteiger partial charge on any atom is 0.231 e. The molecular formula is C17H13NO3S. The van der Waals surface area contributed by atoms with Gasteiger partial charge in [0.1, 0.15) is 5.01 Å². The van der Waals surface area contributed by atoms with Crippen molar-refractivity contribution in [3.8, 4) is 17.2 Å². The molecule has 0 amide bonds. The minimum absolute atomic E-state index is 0.233. The molecule has 0 unspecified atom stereocenters. The molecule has 0 fully saturated rings. The Morgan fingerprint density at radius 1 is 1.18 bits per heavy atom. The second kappa shape index (κ2) is 5.35. The Balaban J connectivity index is 1.68. The van der Waals surface area contributed by atoms with Crippen LogP contribution in [-0.2, 0) is 0 Å². The number of benzene rings is 2. The average molecular weight is 311 g/mol. The van der Waals surface area contributed by atoms with Crippen molar-refractivity contribution in [2.45, 2.75) is 0 Å². The van der Waals surface area contributed by atoms with Gasteiger partial charge in [-0.2, -0.15) is 0 Å². The van der Waals surface area contributed by atoms with Gasteiger partial charge in [-0.15, -0.1) is 11.3 Å². The van der Waals surface area contributed by atoms with Crippen molar-refractivity contribution in [3.05, 3.63) is 47.0 Å². The molecule has 4 rings (SSSR count). The molecule has 1 aliphatic rings. The molecule has 0 atom stereocenters. The van der Waals surface area contributed by atoms with E-state index in [0.29, 0.717) is 17.2 Å². The quantitative estimate of drug-likeness (QED) is 0.726. The van der Waals surface area contributed by atoms with Crippen LogP contribution in [0.25, 0.3) is 22.4 Å². The zero-order valence-electron chi connectivity index (χ0n) is 11.9. The lowest BCUT2D eigenvalue weighted by Crippen LogP contribution is -1.93. The predicted octanol–water partition coefficient (Wildman–Crippen LogP) is 4.20. The fourth-order valence-corrected chi connectivity index (χ4v) is 3.25. The summed E-state index contributed by atoms with van der Waals surface area (Å²) in [6.45, 7) is 0.233. The average Bonchev–Trinajstić information content (AvgIpc) is 3.17. The summed E-state index contributed by atoms with van der Waals surface area (Å²) in [5, 5.41) is 0.970. The number of methoxy groups -OCH3 is 1. The Morgan fingerprint density at radius 3 is 2.95 bits per heavy atom. The number of ether oxygens (including phenoxy) is 3. The molecule has 1 aromatic heterocycles. The van der Waals surface area contributed by atoms with Crippen LogP contribution in [0.2, 0.25) is 0 Å². The number of nitrogens with zero attached hydrogens (tertiary/aromatic N) is 1. The molecule has 4 nitrogen and oxygen atoms in total. The van der Waals surface area contributed by atoms with Gasteiger partial charge in [0.2, 0.25) is 12.5 Å². The second-order valence-corrected chi connectivity index (χ2v) is 5.87. The first-order valence-corrected chi connectivity index (χ1v) is 7.66. The Kier molecular flexibility index (Phi) is 3.20. The van der Waals surface area contributed by atoms with Crippen molar-refractivity contribution in [2.75, 3.05) is 13.9 Å². The van der Waals surface area contributed by atoms with Crippen LogP contribution in [0.5, 0.6) is 17.2 Å². The first-order valence-electron chi connectivity index (χ1n) is 6.85. The van der Waals surface area contributed by atoms with E-state index in [-0.39, 0.29) is 6.79 Å². The van der Waals surface area contributed by atoms with Crippen LogP contribution >= 0.6 is 11.3 Å². The summed E-state index contributed by atoms with van der Waals surface area (Å²) in [7, 11) is 1.62. The Morgan fingerprint density at radius 2 is 2.09 bits per heavy atom. The van der Waals surface area contributed by atoms with E-state index < -0.39 is 0 Å².